The second-order valence-corrected chi connectivity index (χ2v) is 5.97. The van der Waals surface area contributed by atoms with Crippen LogP contribution >= 0.6 is 0 Å². The maximum Gasteiger partial charge on any atom is 0.255 e. The van der Waals surface area contributed by atoms with Gasteiger partial charge in [-0.3, -0.25) is 9.69 Å². The number of hydrogen-bond donors (Lipinski definition) is 1. The Bertz CT molecular complexity index is 527. The summed E-state index contributed by atoms with van der Waals surface area (Å²) < 4.78 is 18.5. The van der Waals surface area contributed by atoms with Crippen LogP contribution in [0.25, 0.3) is 0 Å². The SMILES string of the molecule is CCN(C)C1(CNC(=O)c2cc(F)ccc2OC)CCCC1. The van der Waals surface area contributed by atoms with Crippen molar-refractivity contribution in [2.24, 2.45) is 0 Å². The summed E-state index contributed by atoms with van der Waals surface area (Å²) in [6.07, 6.45) is 4.53. The van der Waals surface area contributed by atoms with E-state index in [9.17, 15) is 9.18 Å². The average Bonchev–Trinajstić information content (AvgIpc) is 3.02. The van der Waals surface area contributed by atoms with Gasteiger partial charge in [0.25, 0.3) is 5.91 Å². The summed E-state index contributed by atoms with van der Waals surface area (Å²) >= 11 is 0. The highest BCUT2D eigenvalue weighted by atomic mass is 19.1. The molecule has 1 aliphatic carbocycles. The normalized spacial score (nSPS) is 16.8. The van der Waals surface area contributed by atoms with Gasteiger partial charge in [0.2, 0.25) is 0 Å². The molecule has 0 spiro atoms. The molecule has 0 radical (unpaired) electrons. The lowest BCUT2D eigenvalue weighted by atomic mass is 9.95. The molecule has 4 nitrogen and oxygen atoms in total. The topological polar surface area (TPSA) is 41.6 Å². The number of carbonyl (C=O) groups is 1. The zero-order valence-electron chi connectivity index (χ0n) is 13.6. The molecule has 0 unspecified atom stereocenters. The zero-order chi connectivity index (χ0) is 16.2. The van der Waals surface area contributed by atoms with E-state index >= 15 is 0 Å². The monoisotopic (exact) mass is 308 g/mol. The van der Waals surface area contributed by atoms with Gasteiger partial charge in [-0.1, -0.05) is 19.8 Å². The number of benzene rings is 1. The van der Waals surface area contributed by atoms with Gasteiger partial charge in [0.05, 0.1) is 12.7 Å². The van der Waals surface area contributed by atoms with Crippen LogP contribution < -0.4 is 10.1 Å². The second-order valence-electron chi connectivity index (χ2n) is 5.97. The maximum atomic E-state index is 13.4. The lowest BCUT2D eigenvalue weighted by molar-refractivity contribution is 0.0871. The molecule has 1 N–H and O–H groups in total. The van der Waals surface area contributed by atoms with Crippen molar-refractivity contribution in [2.75, 3.05) is 27.2 Å². The highest BCUT2D eigenvalue weighted by Crippen LogP contribution is 2.34. The van der Waals surface area contributed by atoms with Crippen LogP contribution in [0, 0.1) is 5.82 Å². The number of hydrogen-bond acceptors (Lipinski definition) is 3. The van der Waals surface area contributed by atoms with Crippen molar-refractivity contribution in [3.8, 4) is 5.75 Å². The summed E-state index contributed by atoms with van der Waals surface area (Å²) in [5.41, 5.74) is 0.264. The molecule has 0 heterocycles. The smallest absolute Gasteiger partial charge is 0.255 e. The molecule has 0 saturated heterocycles. The van der Waals surface area contributed by atoms with Crippen molar-refractivity contribution in [3.63, 3.8) is 0 Å². The van der Waals surface area contributed by atoms with E-state index < -0.39 is 5.82 Å². The molecule has 22 heavy (non-hydrogen) atoms. The van der Waals surface area contributed by atoms with Gasteiger partial charge >= 0.3 is 0 Å². The molecule has 122 valence electrons. The van der Waals surface area contributed by atoms with E-state index in [1.165, 1.54) is 38.2 Å². The molecule has 5 heteroatoms. The quantitative estimate of drug-likeness (QED) is 0.878. The molecule has 0 aliphatic heterocycles. The standard InChI is InChI=1S/C17H25FN2O2/c1-4-20(2)17(9-5-6-10-17)12-19-16(21)14-11-13(18)7-8-15(14)22-3/h7-8,11H,4-6,9-10,12H2,1-3H3,(H,19,21). The minimum atomic E-state index is -0.438. The predicted molar refractivity (Wildman–Crippen MR) is 84.8 cm³/mol. The number of halogens is 1. The van der Waals surface area contributed by atoms with E-state index in [-0.39, 0.29) is 17.0 Å². The Balaban J connectivity index is 2.10. The van der Waals surface area contributed by atoms with Crippen molar-refractivity contribution >= 4 is 5.91 Å². The van der Waals surface area contributed by atoms with Gasteiger partial charge in [-0.15, -0.1) is 0 Å². The Morgan fingerprint density at radius 2 is 2.09 bits per heavy atom. The van der Waals surface area contributed by atoms with E-state index in [2.05, 4.69) is 24.2 Å². The summed E-state index contributed by atoms with van der Waals surface area (Å²) in [4.78, 5) is 14.7. The lowest BCUT2D eigenvalue weighted by Crippen LogP contribution is -2.52. The number of nitrogens with zero attached hydrogens (tertiary/aromatic N) is 1. The van der Waals surface area contributed by atoms with Gasteiger partial charge < -0.3 is 10.1 Å². The van der Waals surface area contributed by atoms with Crippen molar-refractivity contribution < 1.29 is 13.9 Å². The molecule has 0 atom stereocenters. The summed E-state index contributed by atoms with van der Waals surface area (Å²) in [7, 11) is 3.58. The molecule has 1 aromatic rings. The molecule has 2 rings (SSSR count). The van der Waals surface area contributed by atoms with Crippen LogP contribution in [0.5, 0.6) is 5.75 Å². The van der Waals surface area contributed by atoms with Crippen LogP contribution in [-0.2, 0) is 0 Å². The molecule has 1 aromatic carbocycles. The van der Waals surface area contributed by atoms with Crippen LogP contribution in [0.4, 0.5) is 4.39 Å². The van der Waals surface area contributed by atoms with Gasteiger partial charge in [0.1, 0.15) is 11.6 Å². The van der Waals surface area contributed by atoms with Gasteiger partial charge in [-0.05, 0) is 44.6 Å². The molecular formula is C17H25FN2O2. The van der Waals surface area contributed by atoms with Gasteiger partial charge in [0, 0.05) is 12.1 Å². The van der Waals surface area contributed by atoms with Crippen LogP contribution in [-0.4, -0.2) is 43.6 Å². The number of nitrogens with one attached hydrogen (secondary N) is 1. The minimum Gasteiger partial charge on any atom is -0.496 e. The third-order valence-corrected chi connectivity index (χ3v) is 4.80. The van der Waals surface area contributed by atoms with E-state index in [1.807, 2.05) is 0 Å². The van der Waals surface area contributed by atoms with E-state index in [4.69, 9.17) is 4.74 Å². The number of ether oxygens (including phenoxy) is 1. The molecule has 0 bridgehead atoms. The first-order valence-electron chi connectivity index (χ1n) is 7.85. The Hall–Kier alpha value is -1.62. The molecule has 1 fully saturated rings. The Kier molecular flexibility index (Phi) is 5.40. The van der Waals surface area contributed by atoms with Crippen LogP contribution in [0.15, 0.2) is 18.2 Å². The summed E-state index contributed by atoms with van der Waals surface area (Å²) in [6.45, 7) is 3.65. The van der Waals surface area contributed by atoms with Gasteiger partial charge in [-0.2, -0.15) is 0 Å². The molecular weight excluding hydrogens is 283 g/mol. The largest absolute Gasteiger partial charge is 0.496 e. The van der Waals surface area contributed by atoms with Crippen molar-refractivity contribution in [1.29, 1.82) is 0 Å². The van der Waals surface area contributed by atoms with Gasteiger partial charge in [0.15, 0.2) is 0 Å². The highest BCUT2D eigenvalue weighted by Gasteiger charge is 2.37. The molecule has 0 aromatic heterocycles. The summed E-state index contributed by atoms with van der Waals surface area (Å²) in [5.74, 6) is -0.331. The number of rotatable bonds is 6. The molecule has 1 saturated carbocycles. The van der Waals surface area contributed by atoms with Crippen molar-refractivity contribution in [3.05, 3.63) is 29.6 Å². The van der Waals surface area contributed by atoms with E-state index in [0.717, 1.165) is 19.4 Å². The Morgan fingerprint density at radius 1 is 1.41 bits per heavy atom. The van der Waals surface area contributed by atoms with E-state index in [1.54, 1.807) is 0 Å². The van der Waals surface area contributed by atoms with Crippen molar-refractivity contribution in [1.82, 2.24) is 10.2 Å². The van der Waals surface area contributed by atoms with Crippen LogP contribution in [0.2, 0.25) is 0 Å². The van der Waals surface area contributed by atoms with Crippen molar-refractivity contribution in [2.45, 2.75) is 38.1 Å². The zero-order valence-corrected chi connectivity index (χ0v) is 13.6. The number of likely N-dealkylation sites (N-methyl/N-ethyl adjacent to an activating group) is 1. The second kappa shape index (κ2) is 7.09. The fourth-order valence-electron chi connectivity index (χ4n) is 3.26. The third-order valence-electron chi connectivity index (χ3n) is 4.80. The predicted octanol–water partition coefficient (Wildman–Crippen LogP) is 2.83. The fourth-order valence-corrected chi connectivity index (χ4v) is 3.26. The van der Waals surface area contributed by atoms with Gasteiger partial charge in [-0.25, -0.2) is 4.39 Å². The molecule has 1 aliphatic rings. The molecule has 1 amide bonds. The summed E-state index contributed by atoms with van der Waals surface area (Å²) in [6, 6.07) is 3.99. The average molecular weight is 308 g/mol. The number of carbonyl (C=O) groups excluding carboxylic acids is 1. The lowest BCUT2D eigenvalue weighted by Gasteiger charge is -2.38. The maximum absolute atomic E-state index is 13.4. The first-order chi connectivity index (χ1) is 10.5. The van der Waals surface area contributed by atoms with Crippen LogP contribution in [0.1, 0.15) is 43.0 Å². The first kappa shape index (κ1) is 16.7. The summed E-state index contributed by atoms with van der Waals surface area (Å²) in [5, 5.41) is 2.97. The minimum absolute atomic E-state index is 0.0188. The number of amides is 1. The Morgan fingerprint density at radius 3 is 2.68 bits per heavy atom. The third kappa shape index (κ3) is 3.40. The Labute approximate surface area is 131 Å². The highest BCUT2D eigenvalue weighted by molar-refractivity contribution is 5.97. The van der Waals surface area contributed by atoms with E-state index in [0.29, 0.717) is 12.3 Å². The first-order valence-corrected chi connectivity index (χ1v) is 7.85. The fraction of sp³-hybridized carbons (Fsp3) is 0.588. The van der Waals surface area contributed by atoms with Crippen LogP contribution in [0.3, 0.4) is 0 Å². The number of methoxy groups -OCH3 is 1.